The SMILES string of the molecule is CCOC(=O)c1c(I)ccc2c1NC(C)C2. The topological polar surface area (TPSA) is 38.3 Å². The number of rotatable bonds is 2. The summed E-state index contributed by atoms with van der Waals surface area (Å²) < 4.78 is 6.03. The minimum atomic E-state index is -0.231. The van der Waals surface area contributed by atoms with Gasteiger partial charge in [-0.1, -0.05) is 6.07 Å². The number of anilines is 1. The van der Waals surface area contributed by atoms with Crippen molar-refractivity contribution in [3.8, 4) is 0 Å². The lowest BCUT2D eigenvalue weighted by molar-refractivity contribution is 0.0526. The number of nitrogens with one attached hydrogen (secondary N) is 1. The lowest BCUT2D eigenvalue weighted by atomic mass is 10.1. The largest absolute Gasteiger partial charge is 0.462 e. The second kappa shape index (κ2) is 4.61. The monoisotopic (exact) mass is 331 g/mol. The van der Waals surface area contributed by atoms with Gasteiger partial charge in [-0.15, -0.1) is 0 Å². The van der Waals surface area contributed by atoms with E-state index in [0.717, 1.165) is 15.7 Å². The van der Waals surface area contributed by atoms with Crippen LogP contribution in [0.15, 0.2) is 12.1 Å². The summed E-state index contributed by atoms with van der Waals surface area (Å²) in [6.45, 7) is 4.35. The molecule has 1 atom stereocenters. The maximum absolute atomic E-state index is 11.9. The summed E-state index contributed by atoms with van der Waals surface area (Å²) in [7, 11) is 0. The molecule has 2 rings (SSSR count). The first kappa shape index (κ1) is 11.7. The van der Waals surface area contributed by atoms with Crippen LogP contribution in [-0.4, -0.2) is 18.6 Å². The Labute approximate surface area is 109 Å². The number of hydrogen-bond donors (Lipinski definition) is 1. The molecule has 1 aliphatic heterocycles. The predicted molar refractivity (Wildman–Crippen MR) is 71.9 cm³/mol. The zero-order valence-electron chi connectivity index (χ0n) is 9.34. The standard InChI is InChI=1S/C12H14INO2/c1-3-16-12(15)10-9(13)5-4-8-6-7(2)14-11(8)10/h4-5,7,14H,3,6H2,1-2H3. The third kappa shape index (κ3) is 2.03. The highest BCUT2D eigenvalue weighted by molar-refractivity contribution is 14.1. The van der Waals surface area contributed by atoms with Gasteiger partial charge in [-0.3, -0.25) is 0 Å². The highest BCUT2D eigenvalue weighted by Crippen LogP contribution is 2.33. The summed E-state index contributed by atoms with van der Waals surface area (Å²) >= 11 is 2.17. The van der Waals surface area contributed by atoms with Crippen molar-refractivity contribution in [3.63, 3.8) is 0 Å². The predicted octanol–water partition coefficient (Wildman–Crippen LogP) is 2.82. The van der Waals surface area contributed by atoms with Crippen molar-refractivity contribution in [1.82, 2.24) is 0 Å². The van der Waals surface area contributed by atoms with Crippen LogP contribution in [0.2, 0.25) is 0 Å². The normalized spacial score (nSPS) is 17.8. The molecular weight excluding hydrogens is 317 g/mol. The Hall–Kier alpha value is -0.780. The molecule has 0 amide bonds. The lowest BCUT2D eigenvalue weighted by Gasteiger charge is -2.10. The fourth-order valence-corrected chi connectivity index (χ4v) is 2.66. The van der Waals surface area contributed by atoms with Gasteiger partial charge in [0.1, 0.15) is 0 Å². The number of ether oxygens (including phenoxy) is 1. The van der Waals surface area contributed by atoms with Crippen LogP contribution in [0, 0.1) is 3.57 Å². The first-order chi connectivity index (χ1) is 7.63. The van der Waals surface area contributed by atoms with E-state index in [-0.39, 0.29) is 5.97 Å². The molecule has 0 spiro atoms. The lowest BCUT2D eigenvalue weighted by Crippen LogP contribution is -2.13. The molecule has 1 aromatic carbocycles. The van der Waals surface area contributed by atoms with Crippen molar-refractivity contribution in [2.75, 3.05) is 11.9 Å². The molecule has 4 heteroatoms. The van der Waals surface area contributed by atoms with Crippen LogP contribution in [0.25, 0.3) is 0 Å². The van der Waals surface area contributed by atoms with E-state index in [1.54, 1.807) is 0 Å². The summed E-state index contributed by atoms with van der Waals surface area (Å²) in [4.78, 5) is 11.9. The molecule has 0 aromatic heterocycles. The van der Waals surface area contributed by atoms with Crippen molar-refractivity contribution < 1.29 is 9.53 Å². The molecule has 86 valence electrons. The zero-order valence-corrected chi connectivity index (χ0v) is 11.5. The van der Waals surface area contributed by atoms with E-state index in [4.69, 9.17) is 4.74 Å². The van der Waals surface area contributed by atoms with E-state index < -0.39 is 0 Å². The summed E-state index contributed by atoms with van der Waals surface area (Å²) in [6, 6.07) is 4.45. The Morgan fingerprint density at radius 2 is 2.38 bits per heavy atom. The van der Waals surface area contributed by atoms with Gasteiger partial charge >= 0.3 is 5.97 Å². The Kier molecular flexibility index (Phi) is 3.37. The molecule has 16 heavy (non-hydrogen) atoms. The fraction of sp³-hybridized carbons (Fsp3) is 0.417. The molecule has 1 aliphatic rings. The van der Waals surface area contributed by atoms with Gasteiger partial charge in [-0.2, -0.15) is 0 Å². The molecule has 1 N–H and O–H groups in total. The molecule has 0 saturated carbocycles. The van der Waals surface area contributed by atoms with Gasteiger partial charge in [-0.25, -0.2) is 4.79 Å². The number of hydrogen-bond acceptors (Lipinski definition) is 3. The molecule has 3 nitrogen and oxygen atoms in total. The van der Waals surface area contributed by atoms with Gasteiger partial charge in [0.2, 0.25) is 0 Å². The number of benzene rings is 1. The minimum absolute atomic E-state index is 0.231. The molecule has 1 aromatic rings. The second-order valence-corrected chi connectivity index (χ2v) is 5.09. The summed E-state index contributed by atoms with van der Waals surface area (Å²) in [5.41, 5.74) is 2.85. The number of carbonyl (C=O) groups excluding carboxylic acids is 1. The Morgan fingerprint density at radius 3 is 3.06 bits per heavy atom. The van der Waals surface area contributed by atoms with E-state index in [1.807, 2.05) is 13.0 Å². The summed E-state index contributed by atoms with van der Waals surface area (Å²) in [6.07, 6.45) is 0.971. The maximum atomic E-state index is 11.9. The zero-order chi connectivity index (χ0) is 11.7. The van der Waals surface area contributed by atoms with Crippen molar-refractivity contribution in [3.05, 3.63) is 26.8 Å². The van der Waals surface area contributed by atoms with Crippen LogP contribution in [0.1, 0.15) is 29.8 Å². The maximum Gasteiger partial charge on any atom is 0.341 e. The molecule has 0 aliphatic carbocycles. The molecule has 1 heterocycles. The van der Waals surface area contributed by atoms with Crippen LogP contribution >= 0.6 is 22.6 Å². The molecular formula is C12H14INO2. The van der Waals surface area contributed by atoms with Crippen molar-refractivity contribution >= 4 is 34.2 Å². The molecule has 0 bridgehead atoms. The van der Waals surface area contributed by atoms with Crippen LogP contribution < -0.4 is 5.32 Å². The number of halogens is 1. The van der Waals surface area contributed by atoms with Crippen LogP contribution in [0.4, 0.5) is 5.69 Å². The first-order valence-electron chi connectivity index (χ1n) is 5.38. The van der Waals surface area contributed by atoms with Gasteiger partial charge in [-0.05, 0) is 54.5 Å². The summed E-state index contributed by atoms with van der Waals surface area (Å²) in [5.74, 6) is -0.231. The van der Waals surface area contributed by atoms with Crippen molar-refractivity contribution in [1.29, 1.82) is 0 Å². The van der Waals surface area contributed by atoms with Gasteiger partial charge in [0.15, 0.2) is 0 Å². The Morgan fingerprint density at radius 1 is 1.62 bits per heavy atom. The number of esters is 1. The third-order valence-corrected chi connectivity index (χ3v) is 3.54. The number of fused-ring (bicyclic) bond motifs is 1. The van der Waals surface area contributed by atoms with E-state index in [1.165, 1.54) is 5.56 Å². The van der Waals surface area contributed by atoms with Crippen LogP contribution in [0.3, 0.4) is 0 Å². The van der Waals surface area contributed by atoms with Crippen molar-refractivity contribution in [2.24, 2.45) is 0 Å². The number of carbonyl (C=O) groups is 1. The van der Waals surface area contributed by atoms with Gasteiger partial charge in [0.05, 0.1) is 17.9 Å². The molecule has 0 radical (unpaired) electrons. The van der Waals surface area contributed by atoms with E-state index >= 15 is 0 Å². The molecule has 0 saturated heterocycles. The third-order valence-electron chi connectivity index (χ3n) is 2.64. The first-order valence-corrected chi connectivity index (χ1v) is 6.46. The Balaban J connectivity index is 2.45. The van der Waals surface area contributed by atoms with Crippen LogP contribution in [-0.2, 0) is 11.2 Å². The van der Waals surface area contributed by atoms with E-state index in [2.05, 4.69) is 40.9 Å². The summed E-state index contributed by atoms with van der Waals surface area (Å²) in [5, 5.41) is 3.34. The fourth-order valence-electron chi connectivity index (χ4n) is 1.99. The van der Waals surface area contributed by atoms with Crippen molar-refractivity contribution in [2.45, 2.75) is 26.3 Å². The highest BCUT2D eigenvalue weighted by atomic mass is 127. The Bertz CT molecular complexity index is 431. The van der Waals surface area contributed by atoms with E-state index in [0.29, 0.717) is 18.2 Å². The van der Waals surface area contributed by atoms with Gasteiger partial charge in [0.25, 0.3) is 0 Å². The minimum Gasteiger partial charge on any atom is -0.462 e. The molecule has 0 fully saturated rings. The highest BCUT2D eigenvalue weighted by Gasteiger charge is 2.25. The smallest absolute Gasteiger partial charge is 0.341 e. The van der Waals surface area contributed by atoms with E-state index in [9.17, 15) is 4.79 Å². The van der Waals surface area contributed by atoms with Crippen LogP contribution in [0.5, 0.6) is 0 Å². The van der Waals surface area contributed by atoms with Gasteiger partial charge in [0, 0.05) is 9.61 Å². The quantitative estimate of drug-likeness (QED) is 0.669. The van der Waals surface area contributed by atoms with Gasteiger partial charge < -0.3 is 10.1 Å². The second-order valence-electron chi connectivity index (χ2n) is 3.93. The molecule has 1 unspecified atom stereocenters. The average molecular weight is 331 g/mol. The average Bonchev–Trinajstić information content (AvgIpc) is 2.58.